The lowest BCUT2D eigenvalue weighted by molar-refractivity contribution is -0.122. The molecule has 4 rings (SSSR count). The van der Waals surface area contributed by atoms with Crippen LogP contribution in [0.2, 0.25) is 0 Å². The summed E-state index contributed by atoms with van der Waals surface area (Å²) in [5.41, 5.74) is 4.17. The van der Waals surface area contributed by atoms with Gasteiger partial charge in [-0.05, 0) is 55.0 Å². The monoisotopic (exact) mass is 336 g/mol. The van der Waals surface area contributed by atoms with E-state index >= 15 is 0 Å². The lowest BCUT2D eigenvalue weighted by Crippen LogP contribution is -2.41. The molecule has 1 amide bonds. The van der Waals surface area contributed by atoms with Gasteiger partial charge >= 0.3 is 0 Å². The van der Waals surface area contributed by atoms with Gasteiger partial charge in [-0.1, -0.05) is 30.3 Å². The molecule has 0 bridgehead atoms. The van der Waals surface area contributed by atoms with E-state index in [1.165, 1.54) is 11.1 Å². The van der Waals surface area contributed by atoms with Gasteiger partial charge in [0.1, 0.15) is 0 Å². The number of rotatable bonds is 4. The van der Waals surface area contributed by atoms with E-state index in [1.54, 1.807) is 7.11 Å². The Morgan fingerprint density at radius 1 is 1.12 bits per heavy atom. The van der Waals surface area contributed by atoms with Gasteiger partial charge < -0.3 is 15.4 Å². The molecule has 0 radical (unpaired) electrons. The molecular weight excluding hydrogens is 312 g/mol. The van der Waals surface area contributed by atoms with Crippen LogP contribution in [0.1, 0.15) is 36.8 Å². The number of anilines is 2. The number of benzene rings is 2. The Labute approximate surface area is 148 Å². The molecule has 2 aliphatic rings. The van der Waals surface area contributed by atoms with Gasteiger partial charge in [0.05, 0.1) is 12.0 Å². The molecule has 0 saturated heterocycles. The predicted molar refractivity (Wildman–Crippen MR) is 99.8 cm³/mol. The van der Waals surface area contributed by atoms with Crippen molar-refractivity contribution in [1.29, 1.82) is 0 Å². The van der Waals surface area contributed by atoms with E-state index in [0.717, 1.165) is 37.1 Å². The summed E-state index contributed by atoms with van der Waals surface area (Å²) in [6.45, 7) is 0.640. The molecule has 0 aromatic heterocycles. The molecule has 0 unspecified atom stereocenters. The zero-order valence-corrected chi connectivity index (χ0v) is 14.5. The molecule has 1 aliphatic carbocycles. The van der Waals surface area contributed by atoms with E-state index in [1.807, 2.05) is 18.2 Å². The third kappa shape index (κ3) is 2.91. The minimum absolute atomic E-state index is 0.177. The Hall–Kier alpha value is -2.33. The molecule has 4 nitrogen and oxygen atoms in total. The minimum Gasteiger partial charge on any atom is -0.382 e. The number of hydrogen-bond donors (Lipinski definition) is 2. The lowest BCUT2D eigenvalue weighted by atomic mass is 9.69. The van der Waals surface area contributed by atoms with E-state index in [9.17, 15) is 4.79 Å². The minimum atomic E-state index is -0.322. The molecule has 130 valence electrons. The Balaban J connectivity index is 1.43. The maximum Gasteiger partial charge on any atom is 0.235 e. The van der Waals surface area contributed by atoms with Crippen molar-refractivity contribution in [3.63, 3.8) is 0 Å². The van der Waals surface area contributed by atoms with Crippen molar-refractivity contribution in [2.45, 2.75) is 43.7 Å². The maximum atomic E-state index is 12.6. The van der Waals surface area contributed by atoms with E-state index in [2.05, 4.69) is 41.0 Å². The Morgan fingerprint density at radius 3 is 2.56 bits per heavy atom. The Kier molecular flexibility index (Phi) is 4.22. The molecule has 25 heavy (non-hydrogen) atoms. The van der Waals surface area contributed by atoms with Crippen LogP contribution in [-0.2, 0) is 21.6 Å². The molecule has 2 N–H and O–H groups in total. The summed E-state index contributed by atoms with van der Waals surface area (Å²) in [4.78, 5) is 12.6. The van der Waals surface area contributed by atoms with Crippen molar-refractivity contribution in [2.75, 3.05) is 17.7 Å². The summed E-state index contributed by atoms with van der Waals surface area (Å²) in [5.74, 6) is 0.177. The van der Waals surface area contributed by atoms with E-state index in [0.29, 0.717) is 12.6 Å². The molecule has 2 aromatic carbocycles. The number of carbonyl (C=O) groups excluding carboxylic acids is 1. The van der Waals surface area contributed by atoms with Crippen LogP contribution in [0.15, 0.2) is 48.5 Å². The lowest BCUT2D eigenvalue weighted by Gasteiger charge is -2.36. The zero-order valence-electron chi connectivity index (χ0n) is 14.5. The summed E-state index contributed by atoms with van der Waals surface area (Å²) in [6, 6.07) is 17.0. The number of nitrogens with one attached hydrogen (secondary N) is 2. The molecule has 0 atom stereocenters. The fourth-order valence-electron chi connectivity index (χ4n) is 4.22. The van der Waals surface area contributed by atoms with Crippen LogP contribution in [0.3, 0.4) is 0 Å². The molecule has 1 heterocycles. The van der Waals surface area contributed by atoms with Crippen LogP contribution >= 0.6 is 0 Å². The van der Waals surface area contributed by atoms with E-state index < -0.39 is 0 Å². The molecule has 1 saturated carbocycles. The summed E-state index contributed by atoms with van der Waals surface area (Å²) >= 11 is 0. The smallest absolute Gasteiger partial charge is 0.235 e. The van der Waals surface area contributed by atoms with Crippen LogP contribution in [0.4, 0.5) is 11.4 Å². The normalized spacial score (nSPS) is 24.8. The number of para-hydroxylation sites is 1. The average Bonchev–Trinajstić information content (AvgIpc) is 2.91. The molecular formula is C21H24N2O2. The zero-order chi connectivity index (χ0) is 17.3. The van der Waals surface area contributed by atoms with Crippen molar-refractivity contribution in [2.24, 2.45) is 0 Å². The van der Waals surface area contributed by atoms with Gasteiger partial charge in [-0.3, -0.25) is 4.79 Å². The Bertz CT molecular complexity index is 762. The highest BCUT2D eigenvalue weighted by atomic mass is 16.5. The quantitative estimate of drug-likeness (QED) is 0.884. The third-order valence-corrected chi connectivity index (χ3v) is 5.60. The molecule has 1 spiro atoms. The highest BCUT2D eigenvalue weighted by Crippen LogP contribution is 2.47. The number of methoxy groups -OCH3 is 1. The highest BCUT2D eigenvalue weighted by Gasteiger charge is 2.48. The maximum absolute atomic E-state index is 12.6. The largest absolute Gasteiger partial charge is 0.382 e. The number of ether oxygens (including phenoxy) is 1. The number of fused-ring (bicyclic) bond motifs is 2. The number of hydrogen-bond acceptors (Lipinski definition) is 3. The summed E-state index contributed by atoms with van der Waals surface area (Å²) in [5, 5.41) is 6.69. The first-order valence-electron chi connectivity index (χ1n) is 8.97. The Morgan fingerprint density at radius 2 is 1.84 bits per heavy atom. The third-order valence-electron chi connectivity index (χ3n) is 5.60. The van der Waals surface area contributed by atoms with Gasteiger partial charge in [0, 0.05) is 24.5 Å². The van der Waals surface area contributed by atoms with Gasteiger partial charge in [-0.25, -0.2) is 0 Å². The second-order valence-electron chi connectivity index (χ2n) is 7.13. The van der Waals surface area contributed by atoms with Crippen LogP contribution in [0.5, 0.6) is 0 Å². The van der Waals surface area contributed by atoms with Crippen molar-refractivity contribution >= 4 is 17.3 Å². The van der Waals surface area contributed by atoms with Crippen molar-refractivity contribution in [3.05, 3.63) is 59.7 Å². The number of amides is 1. The SMILES string of the molecule is COCc1ccc(NC2CCC3(CC2)C(=O)Nc2ccccc23)cc1. The van der Waals surface area contributed by atoms with Crippen LogP contribution in [0, 0.1) is 0 Å². The van der Waals surface area contributed by atoms with Gasteiger partial charge in [0.2, 0.25) is 5.91 Å². The van der Waals surface area contributed by atoms with Crippen molar-refractivity contribution in [3.8, 4) is 0 Å². The van der Waals surface area contributed by atoms with Gasteiger partial charge in [0.25, 0.3) is 0 Å². The summed E-state index contributed by atoms with van der Waals surface area (Å²) < 4.78 is 5.15. The first-order chi connectivity index (χ1) is 12.2. The predicted octanol–water partition coefficient (Wildman–Crippen LogP) is 4.08. The first-order valence-corrected chi connectivity index (χ1v) is 8.97. The molecule has 1 aliphatic heterocycles. The van der Waals surface area contributed by atoms with E-state index in [4.69, 9.17) is 4.74 Å². The molecule has 4 heteroatoms. The standard InChI is InChI=1S/C21H24N2O2/c1-25-14-15-6-8-16(9-7-15)22-17-10-12-21(13-11-17)18-4-2-3-5-19(18)23-20(21)24/h2-9,17,22H,10-14H2,1H3,(H,23,24). The van der Waals surface area contributed by atoms with Crippen molar-refractivity contribution in [1.82, 2.24) is 0 Å². The highest BCUT2D eigenvalue weighted by molar-refractivity contribution is 6.06. The summed E-state index contributed by atoms with van der Waals surface area (Å²) in [6.07, 6.45) is 3.80. The first kappa shape index (κ1) is 16.2. The van der Waals surface area contributed by atoms with Gasteiger partial charge in [-0.15, -0.1) is 0 Å². The number of carbonyl (C=O) groups is 1. The summed E-state index contributed by atoms with van der Waals surface area (Å²) in [7, 11) is 1.71. The molecule has 2 aromatic rings. The fourth-order valence-corrected chi connectivity index (χ4v) is 4.22. The van der Waals surface area contributed by atoms with Crippen molar-refractivity contribution < 1.29 is 9.53 Å². The fraction of sp³-hybridized carbons (Fsp3) is 0.381. The van der Waals surface area contributed by atoms with Gasteiger partial charge in [-0.2, -0.15) is 0 Å². The van der Waals surface area contributed by atoms with Crippen LogP contribution < -0.4 is 10.6 Å². The molecule has 1 fully saturated rings. The van der Waals surface area contributed by atoms with Crippen LogP contribution in [0.25, 0.3) is 0 Å². The average molecular weight is 336 g/mol. The van der Waals surface area contributed by atoms with Gasteiger partial charge in [0.15, 0.2) is 0 Å². The topological polar surface area (TPSA) is 50.4 Å². The van der Waals surface area contributed by atoms with Crippen LogP contribution in [-0.4, -0.2) is 19.1 Å². The van der Waals surface area contributed by atoms with E-state index in [-0.39, 0.29) is 11.3 Å². The second kappa shape index (κ2) is 6.52. The second-order valence-corrected chi connectivity index (χ2v) is 7.13.